The Labute approximate surface area is 220 Å². The number of nitrogens with zero attached hydrogens (tertiary/aromatic N) is 4. The lowest BCUT2D eigenvalue weighted by Gasteiger charge is -2.35. The van der Waals surface area contributed by atoms with E-state index in [0.29, 0.717) is 11.5 Å². The maximum Gasteiger partial charge on any atom is 0.277 e. The van der Waals surface area contributed by atoms with Gasteiger partial charge in [0.05, 0.1) is 11.1 Å². The molecule has 2 atom stereocenters. The van der Waals surface area contributed by atoms with Gasteiger partial charge >= 0.3 is 0 Å². The zero-order valence-corrected chi connectivity index (χ0v) is 21.7. The molecule has 0 spiro atoms. The minimum atomic E-state index is -0.151. The van der Waals surface area contributed by atoms with Crippen molar-refractivity contribution in [3.05, 3.63) is 72.4 Å². The van der Waals surface area contributed by atoms with Gasteiger partial charge < -0.3 is 9.80 Å². The van der Waals surface area contributed by atoms with E-state index in [4.69, 9.17) is 0 Å². The predicted octanol–water partition coefficient (Wildman–Crippen LogP) is 6.10. The quantitative estimate of drug-likeness (QED) is 0.389. The van der Waals surface area contributed by atoms with E-state index in [2.05, 4.69) is 50.1 Å². The molecule has 1 saturated carbocycles. The fourth-order valence-electron chi connectivity index (χ4n) is 6.82. The molecule has 2 aromatic carbocycles. The highest BCUT2D eigenvalue weighted by atomic mass is 16.1. The molecule has 0 radical (unpaired) electrons. The Morgan fingerprint density at radius 2 is 1.73 bits per heavy atom. The summed E-state index contributed by atoms with van der Waals surface area (Å²) in [7, 11) is 0. The second-order valence-corrected chi connectivity index (χ2v) is 11.4. The Morgan fingerprint density at radius 3 is 2.59 bits per heavy atom. The number of carbonyl (C=O) groups excluding carboxylic acids is 1. The first-order chi connectivity index (χ1) is 18.2. The summed E-state index contributed by atoms with van der Waals surface area (Å²) >= 11 is 0. The molecule has 1 unspecified atom stereocenters. The van der Waals surface area contributed by atoms with E-state index in [1.54, 1.807) is 6.20 Å². The Morgan fingerprint density at radius 1 is 0.892 bits per heavy atom. The van der Waals surface area contributed by atoms with E-state index < -0.39 is 0 Å². The van der Waals surface area contributed by atoms with Crippen LogP contribution in [0.5, 0.6) is 0 Å². The summed E-state index contributed by atoms with van der Waals surface area (Å²) < 4.78 is 0. The molecular weight excluding hydrogens is 456 g/mol. The van der Waals surface area contributed by atoms with E-state index in [0.717, 1.165) is 41.5 Å². The molecule has 1 amide bonds. The molecule has 1 aromatic heterocycles. The summed E-state index contributed by atoms with van der Waals surface area (Å²) in [6.07, 6.45) is 11.1. The highest BCUT2D eigenvalue weighted by Gasteiger charge is 2.37. The molecule has 3 aliphatic rings. The van der Waals surface area contributed by atoms with Crippen molar-refractivity contribution in [2.24, 2.45) is 28.7 Å². The van der Waals surface area contributed by atoms with Crippen molar-refractivity contribution in [3.8, 4) is 0 Å². The van der Waals surface area contributed by atoms with Crippen molar-refractivity contribution in [1.82, 2.24) is 9.88 Å². The molecule has 0 N–H and O–H groups in total. The van der Waals surface area contributed by atoms with Crippen LogP contribution >= 0.6 is 0 Å². The Balaban J connectivity index is 0.945. The molecule has 2 aliphatic heterocycles. The number of hydrogen-bond donors (Lipinski definition) is 0. The predicted molar refractivity (Wildman–Crippen MR) is 151 cm³/mol. The number of para-hydroxylation sites is 1. The van der Waals surface area contributed by atoms with Gasteiger partial charge in [0.2, 0.25) is 0 Å². The van der Waals surface area contributed by atoms with Crippen LogP contribution in [-0.4, -0.2) is 54.7 Å². The van der Waals surface area contributed by atoms with E-state index in [9.17, 15) is 4.79 Å². The molecule has 1 aliphatic carbocycles. The number of rotatable bonds is 6. The number of pyridine rings is 1. The Hall–Kier alpha value is -3.05. The summed E-state index contributed by atoms with van der Waals surface area (Å²) in [6.45, 7) is 6.21. The molecule has 3 heterocycles. The number of fused-ring (bicyclic) bond motifs is 2. The lowest BCUT2D eigenvalue weighted by molar-refractivity contribution is 0.100. The average Bonchev–Trinajstić information content (AvgIpc) is 3.39. The van der Waals surface area contributed by atoms with Crippen LogP contribution in [0.4, 0.5) is 5.69 Å². The largest absolute Gasteiger partial charge is 0.371 e. The van der Waals surface area contributed by atoms with Gasteiger partial charge in [-0.05, 0) is 106 Å². The number of carbonyl (C=O) groups is 1. The lowest BCUT2D eigenvalue weighted by atomic mass is 9.80. The maximum absolute atomic E-state index is 12.8. The van der Waals surface area contributed by atoms with Gasteiger partial charge in [0.25, 0.3) is 5.91 Å². The molecule has 5 nitrogen and oxygen atoms in total. The molecule has 37 heavy (non-hydrogen) atoms. The fraction of sp³-hybridized carbons (Fsp3) is 0.469. The van der Waals surface area contributed by atoms with Gasteiger partial charge in [-0.3, -0.25) is 9.78 Å². The Bertz CT molecular complexity index is 1230. The molecule has 3 fully saturated rings. The van der Waals surface area contributed by atoms with Crippen molar-refractivity contribution < 1.29 is 4.79 Å². The number of hydrogen-bond acceptors (Lipinski definition) is 4. The van der Waals surface area contributed by atoms with E-state index in [1.807, 2.05) is 36.5 Å². The van der Waals surface area contributed by atoms with Gasteiger partial charge in [-0.2, -0.15) is 0 Å². The number of likely N-dealkylation sites (tertiary alicyclic amines) is 1. The number of amides is 1. The third-order valence-electron chi connectivity index (χ3n) is 9.03. The molecule has 2 saturated heterocycles. The summed E-state index contributed by atoms with van der Waals surface area (Å²) in [5.74, 6) is 2.76. The van der Waals surface area contributed by atoms with Gasteiger partial charge in [0.15, 0.2) is 0 Å². The molecule has 6 rings (SSSR count). The first kappa shape index (κ1) is 24.3. The zero-order valence-electron chi connectivity index (χ0n) is 21.7. The van der Waals surface area contributed by atoms with Crippen molar-refractivity contribution in [1.29, 1.82) is 0 Å². The van der Waals surface area contributed by atoms with Crippen LogP contribution in [0.1, 0.15) is 48.9 Å². The van der Waals surface area contributed by atoms with E-state index >= 15 is 0 Å². The Kier molecular flexibility index (Phi) is 7.31. The second-order valence-electron chi connectivity index (χ2n) is 11.4. The minimum Gasteiger partial charge on any atom is -0.371 e. The molecule has 0 bridgehead atoms. The smallest absolute Gasteiger partial charge is 0.277 e. The zero-order chi connectivity index (χ0) is 25.0. The third kappa shape index (κ3) is 5.62. The SMILES string of the molecule is O=C(N=CC1CCC(CCN2CCC3CN(c4ccccc4)C[C@@H]3C2)CC1)c1cccc2ncccc12. The summed E-state index contributed by atoms with van der Waals surface area (Å²) in [4.78, 5) is 26.8. The van der Waals surface area contributed by atoms with Crippen molar-refractivity contribution in [2.75, 3.05) is 37.6 Å². The number of benzene rings is 2. The number of aliphatic imine (C=N–C) groups is 1. The second kappa shape index (κ2) is 11.1. The molecule has 5 heteroatoms. The fourth-order valence-corrected chi connectivity index (χ4v) is 6.82. The normalized spacial score (nSPS) is 26.5. The maximum atomic E-state index is 12.8. The summed E-state index contributed by atoms with van der Waals surface area (Å²) in [5.41, 5.74) is 2.88. The van der Waals surface area contributed by atoms with Crippen LogP contribution in [0.3, 0.4) is 0 Å². The lowest BCUT2D eigenvalue weighted by Crippen LogP contribution is -2.41. The molecular formula is C32H38N4O. The van der Waals surface area contributed by atoms with E-state index in [-0.39, 0.29) is 5.91 Å². The van der Waals surface area contributed by atoms with Crippen LogP contribution < -0.4 is 4.90 Å². The topological polar surface area (TPSA) is 48.8 Å². The number of aromatic nitrogens is 1. The van der Waals surface area contributed by atoms with Crippen molar-refractivity contribution in [3.63, 3.8) is 0 Å². The molecule has 3 aromatic rings. The monoisotopic (exact) mass is 494 g/mol. The van der Waals surface area contributed by atoms with Gasteiger partial charge in [-0.15, -0.1) is 0 Å². The highest BCUT2D eigenvalue weighted by molar-refractivity contribution is 6.08. The van der Waals surface area contributed by atoms with Crippen LogP contribution in [0, 0.1) is 23.7 Å². The minimum absolute atomic E-state index is 0.151. The highest BCUT2D eigenvalue weighted by Crippen LogP contribution is 2.35. The summed E-state index contributed by atoms with van der Waals surface area (Å²) in [6, 6.07) is 20.4. The van der Waals surface area contributed by atoms with Crippen LogP contribution in [0.2, 0.25) is 0 Å². The van der Waals surface area contributed by atoms with Crippen molar-refractivity contribution >= 4 is 28.7 Å². The van der Waals surface area contributed by atoms with Gasteiger partial charge in [-0.1, -0.05) is 30.3 Å². The summed E-state index contributed by atoms with van der Waals surface area (Å²) in [5, 5.41) is 0.880. The molecule has 192 valence electrons. The van der Waals surface area contributed by atoms with E-state index in [1.165, 1.54) is 64.1 Å². The third-order valence-corrected chi connectivity index (χ3v) is 9.03. The van der Waals surface area contributed by atoms with Gasteiger partial charge in [-0.25, -0.2) is 4.99 Å². The average molecular weight is 495 g/mol. The number of piperidine rings is 1. The standard InChI is InChI=1S/C32H38N4O/c37-32(30-8-4-10-31-29(30)9-5-17-33-31)34-20-25-13-11-24(12-14-25)15-18-35-19-16-26-22-36(23-27(26)21-35)28-6-2-1-3-7-28/h1-10,17,20,24-27H,11-16,18-19,21-23H2/t24?,25?,26?,27-/m0/s1. The number of anilines is 1. The van der Waals surface area contributed by atoms with Gasteiger partial charge in [0.1, 0.15) is 0 Å². The van der Waals surface area contributed by atoms with Crippen LogP contribution in [-0.2, 0) is 0 Å². The van der Waals surface area contributed by atoms with Crippen LogP contribution in [0.15, 0.2) is 71.9 Å². The first-order valence-electron chi connectivity index (χ1n) is 14.2. The van der Waals surface area contributed by atoms with Crippen LogP contribution in [0.25, 0.3) is 10.9 Å². The first-order valence-corrected chi connectivity index (χ1v) is 14.2. The van der Waals surface area contributed by atoms with Crippen molar-refractivity contribution in [2.45, 2.75) is 38.5 Å². The van der Waals surface area contributed by atoms with Gasteiger partial charge in [0, 0.05) is 43.1 Å².